The predicted molar refractivity (Wildman–Crippen MR) is 73.0 cm³/mol. The van der Waals surface area contributed by atoms with E-state index in [1.165, 1.54) is 38.5 Å². The largest absolute Gasteiger partial charge is 0.370 e. The fourth-order valence-electron chi connectivity index (χ4n) is 2.80. The van der Waals surface area contributed by atoms with Crippen molar-refractivity contribution in [3.8, 4) is 0 Å². The Kier molecular flexibility index (Phi) is 4.30. The Morgan fingerprint density at radius 2 is 1.88 bits per heavy atom. The first-order valence-electron chi connectivity index (χ1n) is 7.25. The van der Waals surface area contributed by atoms with Crippen molar-refractivity contribution in [1.29, 1.82) is 0 Å². The quantitative estimate of drug-likeness (QED) is 0.605. The molecular weight excluding hydrogens is 210 g/mol. The summed E-state index contributed by atoms with van der Waals surface area (Å²) in [5.41, 5.74) is 6.13. The van der Waals surface area contributed by atoms with E-state index in [9.17, 15) is 0 Å². The van der Waals surface area contributed by atoms with Gasteiger partial charge in [-0.15, -0.1) is 0 Å². The Balaban J connectivity index is 1.81. The van der Waals surface area contributed by atoms with Crippen LogP contribution < -0.4 is 5.73 Å². The highest BCUT2D eigenvalue weighted by Gasteiger charge is 2.37. The lowest BCUT2D eigenvalue weighted by Gasteiger charge is -2.21. The van der Waals surface area contributed by atoms with Gasteiger partial charge in [-0.1, -0.05) is 26.7 Å². The number of hydrogen-bond donors (Lipinski definition) is 1. The average molecular weight is 237 g/mol. The number of nitrogens with zero attached hydrogens (tertiary/aromatic N) is 2. The summed E-state index contributed by atoms with van der Waals surface area (Å²) in [6.45, 7) is 6.79. The standard InChI is InChI=1S/C14H27N3/c1-11(2)9-12-10-13(12)16-14(15)17-7-5-3-4-6-8-17/h11-13H,3-10H2,1-2H3,(H2,15,16)/t12-,13-/m1/s1. The zero-order valence-corrected chi connectivity index (χ0v) is 11.4. The van der Waals surface area contributed by atoms with Gasteiger partial charge in [-0.05, 0) is 37.5 Å². The fourth-order valence-corrected chi connectivity index (χ4v) is 2.80. The highest BCUT2D eigenvalue weighted by molar-refractivity contribution is 5.78. The van der Waals surface area contributed by atoms with E-state index in [0.717, 1.165) is 30.9 Å². The molecule has 3 nitrogen and oxygen atoms in total. The van der Waals surface area contributed by atoms with Crippen LogP contribution in [0.3, 0.4) is 0 Å². The van der Waals surface area contributed by atoms with Gasteiger partial charge < -0.3 is 10.6 Å². The van der Waals surface area contributed by atoms with E-state index in [1.807, 2.05) is 0 Å². The maximum absolute atomic E-state index is 6.13. The van der Waals surface area contributed by atoms with Crippen molar-refractivity contribution in [2.24, 2.45) is 22.6 Å². The highest BCUT2D eigenvalue weighted by atomic mass is 15.3. The summed E-state index contributed by atoms with van der Waals surface area (Å²) in [5, 5.41) is 0. The predicted octanol–water partition coefficient (Wildman–Crippen LogP) is 2.61. The van der Waals surface area contributed by atoms with Crippen LogP contribution in [-0.4, -0.2) is 30.0 Å². The summed E-state index contributed by atoms with van der Waals surface area (Å²) >= 11 is 0. The van der Waals surface area contributed by atoms with Crippen LogP contribution >= 0.6 is 0 Å². The Morgan fingerprint density at radius 1 is 1.24 bits per heavy atom. The fraction of sp³-hybridized carbons (Fsp3) is 0.929. The first-order chi connectivity index (χ1) is 8.16. The summed E-state index contributed by atoms with van der Waals surface area (Å²) in [7, 11) is 0. The van der Waals surface area contributed by atoms with Gasteiger partial charge in [-0.25, -0.2) is 4.99 Å². The third kappa shape index (κ3) is 3.90. The van der Waals surface area contributed by atoms with Crippen LogP contribution in [0.5, 0.6) is 0 Å². The molecule has 2 N–H and O–H groups in total. The Bertz CT molecular complexity index is 265. The van der Waals surface area contributed by atoms with Crippen LogP contribution in [0, 0.1) is 11.8 Å². The minimum Gasteiger partial charge on any atom is -0.370 e. The molecule has 0 aromatic carbocycles. The van der Waals surface area contributed by atoms with E-state index in [0.29, 0.717) is 6.04 Å². The van der Waals surface area contributed by atoms with Crippen molar-refractivity contribution in [3.63, 3.8) is 0 Å². The Morgan fingerprint density at radius 3 is 2.47 bits per heavy atom. The maximum Gasteiger partial charge on any atom is 0.191 e. The van der Waals surface area contributed by atoms with Crippen LogP contribution in [0.4, 0.5) is 0 Å². The molecule has 0 unspecified atom stereocenters. The van der Waals surface area contributed by atoms with E-state index in [-0.39, 0.29) is 0 Å². The molecule has 0 radical (unpaired) electrons. The third-order valence-corrected chi connectivity index (χ3v) is 3.89. The summed E-state index contributed by atoms with van der Waals surface area (Å²) in [6, 6.07) is 0.528. The van der Waals surface area contributed by atoms with Crippen molar-refractivity contribution in [2.45, 2.75) is 58.4 Å². The molecule has 1 heterocycles. The number of guanidine groups is 1. The van der Waals surface area contributed by atoms with Crippen molar-refractivity contribution < 1.29 is 0 Å². The maximum atomic E-state index is 6.13. The number of hydrogen-bond acceptors (Lipinski definition) is 1. The van der Waals surface area contributed by atoms with Crippen LogP contribution in [-0.2, 0) is 0 Å². The lowest BCUT2D eigenvalue weighted by molar-refractivity contribution is 0.427. The smallest absolute Gasteiger partial charge is 0.191 e. The lowest BCUT2D eigenvalue weighted by atomic mass is 10.1. The summed E-state index contributed by atoms with van der Waals surface area (Å²) < 4.78 is 0. The first-order valence-corrected chi connectivity index (χ1v) is 7.25. The van der Waals surface area contributed by atoms with Gasteiger partial charge in [0.05, 0.1) is 6.04 Å². The van der Waals surface area contributed by atoms with Gasteiger partial charge in [-0.2, -0.15) is 0 Å². The third-order valence-electron chi connectivity index (χ3n) is 3.89. The average Bonchev–Trinajstić information content (AvgIpc) is 3.00. The number of rotatable bonds is 3. The molecule has 0 bridgehead atoms. The number of likely N-dealkylation sites (tertiary alicyclic amines) is 1. The second-order valence-electron chi connectivity index (χ2n) is 6.08. The van der Waals surface area contributed by atoms with Gasteiger partial charge in [0, 0.05) is 13.1 Å². The molecule has 1 saturated heterocycles. The minimum absolute atomic E-state index is 0.528. The molecule has 98 valence electrons. The van der Waals surface area contributed by atoms with Gasteiger partial charge >= 0.3 is 0 Å². The van der Waals surface area contributed by atoms with Crippen LogP contribution in [0.15, 0.2) is 4.99 Å². The molecule has 3 heteroatoms. The van der Waals surface area contributed by atoms with Gasteiger partial charge in [0.2, 0.25) is 0 Å². The molecule has 1 saturated carbocycles. The molecular formula is C14H27N3. The normalized spacial score (nSPS) is 30.5. The molecule has 0 spiro atoms. The second-order valence-corrected chi connectivity index (χ2v) is 6.08. The van der Waals surface area contributed by atoms with E-state index in [2.05, 4.69) is 18.7 Å². The molecule has 0 amide bonds. The lowest BCUT2D eigenvalue weighted by Crippen LogP contribution is -2.38. The molecule has 2 rings (SSSR count). The van der Waals surface area contributed by atoms with Crippen LogP contribution in [0.1, 0.15) is 52.4 Å². The van der Waals surface area contributed by atoms with Gasteiger partial charge in [0.15, 0.2) is 5.96 Å². The van der Waals surface area contributed by atoms with Crippen molar-refractivity contribution >= 4 is 5.96 Å². The van der Waals surface area contributed by atoms with Gasteiger partial charge in [-0.3, -0.25) is 0 Å². The topological polar surface area (TPSA) is 41.6 Å². The summed E-state index contributed by atoms with van der Waals surface area (Å²) in [5.74, 6) is 2.41. The molecule has 2 fully saturated rings. The number of aliphatic imine (C=N–C) groups is 1. The SMILES string of the molecule is CC(C)C[C@@H]1C[C@H]1N=C(N)N1CCCCCC1. The van der Waals surface area contributed by atoms with E-state index >= 15 is 0 Å². The first kappa shape index (κ1) is 12.7. The number of nitrogens with two attached hydrogens (primary N) is 1. The van der Waals surface area contributed by atoms with Gasteiger partial charge in [0.1, 0.15) is 0 Å². The zero-order chi connectivity index (χ0) is 12.3. The highest BCUT2D eigenvalue weighted by Crippen LogP contribution is 2.39. The van der Waals surface area contributed by atoms with E-state index < -0.39 is 0 Å². The van der Waals surface area contributed by atoms with Crippen molar-refractivity contribution in [2.75, 3.05) is 13.1 Å². The Hall–Kier alpha value is -0.730. The van der Waals surface area contributed by atoms with Crippen molar-refractivity contribution in [3.05, 3.63) is 0 Å². The molecule has 2 atom stereocenters. The molecule has 17 heavy (non-hydrogen) atoms. The van der Waals surface area contributed by atoms with Gasteiger partial charge in [0.25, 0.3) is 0 Å². The molecule has 1 aliphatic heterocycles. The molecule has 2 aliphatic rings. The summed E-state index contributed by atoms with van der Waals surface area (Å²) in [4.78, 5) is 7.00. The monoisotopic (exact) mass is 237 g/mol. The molecule has 1 aliphatic carbocycles. The van der Waals surface area contributed by atoms with E-state index in [1.54, 1.807) is 0 Å². The second kappa shape index (κ2) is 5.74. The minimum atomic E-state index is 0.528. The van der Waals surface area contributed by atoms with Crippen LogP contribution in [0.25, 0.3) is 0 Å². The molecule has 0 aromatic heterocycles. The molecule has 0 aromatic rings. The van der Waals surface area contributed by atoms with Crippen molar-refractivity contribution in [1.82, 2.24) is 4.90 Å². The van der Waals surface area contributed by atoms with Crippen LogP contribution in [0.2, 0.25) is 0 Å². The Labute approximate surface area is 105 Å². The summed E-state index contributed by atoms with van der Waals surface area (Å²) in [6.07, 6.45) is 7.81. The zero-order valence-electron chi connectivity index (χ0n) is 11.4. The van der Waals surface area contributed by atoms with E-state index in [4.69, 9.17) is 10.7 Å².